The monoisotopic (exact) mass is 293 g/mol. The Hall–Kier alpha value is -2.42. The Kier molecular flexibility index (Phi) is 2.73. The number of aromatic nitrogens is 1. The Bertz CT molecular complexity index is 906. The van der Waals surface area contributed by atoms with Crippen molar-refractivity contribution in [3.63, 3.8) is 0 Å². The highest BCUT2D eigenvalue weighted by molar-refractivity contribution is 5.98. The lowest BCUT2D eigenvalue weighted by atomic mass is 10.0. The number of hydrogen-bond acceptors (Lipinski definition) is 2. The van der Waals surface area contributed by atoms with Crippen LogP contribution in [-0.2, 0) is 6.42 Å². The second-order valence-corrected chi connectivity index (χ2v) is 5.95. The number of aromatic amines is 1. The SMILES string of the molecule is COc1ccc2c(c1)Cc1c-2[nH]c2cc(C)c(OC)c(C)c12. The quantitative estimate of drug-likeness (QED) is 0.595. The summed E-state index contributed by atoms with van der Waals surface area (Å²) in [5, 5.41) is 1.30. The van der Waals surface area contributed by atoms with E-state index in [0.717, 1.165) is 17.9 Å². The Labute approximate surface area is 129 Å². The number of hydrogen-bond donors (Lipinski definition) is 1. The van der Waals surface area contributed by atoms with E-state index in [1.165, 1.54) is 44.4 Å². The van der Waals surface area contributed by atoms with Gasteiger partial charge in [-0.1, -0.05) is 0 Å². The number of ether oxygens (including phenoxy) is 2. The van der Waals surface area contributed by atoms with Gasteiger partial charge in [-0.3, -0.25) is 0 Å². The van der Waals surface area contributed by atoms with Crippen LogP contribution < -0.4 is 9.47 Å². The van der Waals surface area contributed by atoms with Crippen molar-refractivity contribution in [2.24, 2.45) is 0 Å². The number of rotatable bonds is 2. The molecule has 0 fully saturated rings. The number of benzene rings is 2. The number of H-pyrrole nitrogens is 1. The first-order valence-corrected chi connectivity index (χ1v) is 7.50. The van der Waals surface area contributed by atoms with Crippen LogP contribution in [0.3, 0.4) is 0 Å². The summed E-state index contributed by atoms with van der Waals surface area (Å²) in [6, 6.07) is 8.49. The molecule has 1 heterocycles. The van der Waals surface area contributed by atoms with Gasteiger partial charge in [0.1, 0.15) is 11.5 Å². The lowest BCUT2D eigenvalue weighted by molar-refractivity contribution is 0.409. The Morgan fingerprint density at radius 2 is 1.86 bits per heavy atom. The van der Waals surface area contributed by atoms with Crippen molar-refractivity contribution in [3.05, 3.63) is 46.5 Å². The molecule has 1 aliphatic carbocycles. The van der Waals surface area contributed by atoms with Crippen LogP contribution in [0.5, 0.6) is 11.5 Å². The lowest BCUT2D eigenvalue weighted by Crippen LogP contribution is -1.93. The summed E-state index contributed by atoms with van der Waals surface area (Å²) in [4.78, 5) is 3.61. The second kappa shape index (κ2) is 4.54. The van der Waals surface area contributed by atoms with Crippen LogP contribution >= 0.6 is 0 Å². The third-order valence-electron chi connectivity index (χ3n) is 4.72. The molecule has 0 unspecified atom stereocenters. The van der Waals surface area contributed by atoms with E-state index in [1.54, 1.807) is 14.2 Å². The Morgan fingerprint density at radius 3 is 2.59 bits per heavy atom. The zero-order valence-corrected chi connectivity index (χ0v) is 13.3. The van der Waals surface area contributed by atoms with Crippen molar-refractivity contribution in [3.8, 4) is 22.8 Å². The van der Waals surface area contributed by atoms with E-state index in [2.05, 4.69) is 37.0 Å². The molecular formula is C19H19NO2. The zero-order chi connectivity index (χ0) is 15.4. The Balaban J connectivity index is 1.99. The van der Waals surface area contributed by atoms with Crippen molar-refractivity contribution >= 4 is 10.9 Å². The standard InChI is InChI=1S/C19H19NO2/c1-10-7-16-17(11(2)19(10)22-4)15-9-12-8-13(21-3)5-6-14(12)18(15)20-16/h5-8,20H,9H2,1-4H3. The highest BCUT2D eigenvalue weighted by Crippen LogP contribution is 2.44. The predicted molar refractivity (Wildman–Crippen MR) is 89.1 cm³/mol. The normalized spacial score (nSPS) is 12.4. The summed E-state index contributed by atoms with van der Waals surface area (Å²) in [7, 11) is 3.46. The van der Waals surface area contributed by atoms with Crippen LogP contribution in [0.1, 0.15) is 22.3 Å². The van der Waals surface area contributed by atoms with Gasteiger partial charge in [-0.15, -0.1) is 0 Å². The molecule has 0 aliphatic heterocycles. The molecule has 3 aromatic rings. The molecule has 0 radical (unpaired) electrons. The van der Waals surface area contributed by atoms with Crippen molar-refractivity contribution in [1.29, 1.82) is 0 Å². The smallest absolute Gasteiger partial charge is 0.125 e. The summed E-state index contributed by atoms with van der Waals surface area (Å²) >= 11 is 0. The van der Waals surface area contributed by atoms with Gasteiger partial charge in [-0.25, -0.2) is 0 Å². The Morgan fingerprint density at radius 1 is 1.05 bits per heavy atom. The minimum Gasteiger partial charge on any atom is -0.497 e. The average Bonchev–Trinajstić information content (AvgIpc) is 3.01. The first-order chi connectivity index (χ1) is 10.6. The molecule has 1 aliphatic rings. The fourth-order valence-corrected chi connectivity index (χ4v) is 3.79. The van der Waals surface area contributed by atoms with Crippen LogP contribution in [0.4, 0.5) is 0 Å². The molecule has 0 saturated carbocycles. The van der Waals surface area contributed by atoms with Crippen LogP contribution in [-0.4, -0.2) is 19.2 Å². The molecule has 22 heavy (non-hydrogen) atoms. The van der Waals surface area contributed by atoms with E-state index in [4.69, 9.17) is 9.47 Å². The number of methoxy groups -OCH3 is 2. The second-order valence-electron chi connectivity index (χ2n) is 5.95. The molecule has 1 N–H and O–H groups in total. The minimum atomic E-state index is 0.915. The molecule has 0 bridgehead atoms. The third kappa shape index (κ3) is 1.62. The number of aryl methyl sites for hydroxylation is 2. The maximum absolute atomic E-state index is 5.59. The van der Waals surface area contributed by atoms with Gasteiger partial charge >= 0.3 is 0 Å². The molecule has 0 amide bonds. The highest BCUT2D eigenvalue weighted by Gasteiger charge is 2.25. The molecule has 3 nitrogen and oxygen atoms in total. The van der Waals surface area contributed by atoms with E-state index in [-0.39, 0.29) is 0 Å². The van der Waals surface area contributed by atoms with Gasteiger partial charge in [0.15, 0.2) is 0 Å². The number of fused-ring (bicyclic) bond motifs is 5. The van der Waals surface area contributed by atoms with Gasteiger partial charge in [0, 0.05) is 28.5 Å². The molecular weight excluding hydrogens is 274 g/mol. The van der Waals surface area contributed by atoms with Gasteiger partial charge in [-0.05, 0) is 54.8 Å². The minimum absolute atomic E-state index is 0.915. The van der Waals surface area contributed by atoms with Crippen molar-refractivity contribution in [2.75, 3.05) is 14.2 Å². The van der Waals surface area contributed by atoms with Crippen molar-refractivity contribution in [2.45, 2.75) is 20.3 Å². The van der Waals surface area contributed by atoms with Gasteiger partial charge in [0.25, 0.3) is 0 Å². The van der Waals surface area contributed by atoms with E-state index >= 15 is 0 Å². The topological polar surface area (TPSA) is 34.2 Å². The molecule has 3 heteroatoms. The van der Waals surface area contributed by atoms with E-state index in [0.29, 0.717) is 0 Å². The molecule has 4 rings (SSSR count). The fraction of sp³-hybridized carbons (Fsp3) is 0.263. The van der Waals surface area contributed by atoms with Crippen LogP contribution in [0, 0.1) is 13.8 Å². The molecule has 0 atom stereocenters. The summed E-state index contributed by atoms with van der Waals surface area (Å²) in [5.41, 5.74) is 8.79. The summed E-state index contributed by atoms with van der Waals surface area (Å²) in [6.07, 6.45) is 0.939. The van der Waals surface area contributed by atoms with Crippen molar-refractivity contribution in [1.82, 2.24) is 4.98 Å². The van der Waals surface area contributed by atoms with Crippen molar-refractivity contribution < 1.29 is 9.47 Å². The van der Waals surface area contributed by atoms with Gasteiger partial charge in [0.2, 0.25) is 0 Å². The highest BCUT2D eigenvalue weighted by atomic mass is 16.5. The summed E-state index contributed by atoms with van der Waals surface area (Å²) in [6.45, 7) is 4.24. The molecule has 112 valence electrons. The first-order valence-electron chi connectivity index (χ1n) is 7.50. The predicted octanol–water partition coefficient (Wildman–Crippen LogP) is 4.37. The third-order valence-corrected chi connectivity index (χ3v) is 4.72. The number of nitrogens with one attached hydrogen (secondary N) is 1. The van der Waals surface area contributed by atoms with E-state index < -0.39 is 0 Å². The molecule has 1 aromatic heterocycles. The van der Waals surface area contributed by atoms with Gasteiger partial charge in [-0.2, -0.15) is 0 Å². The average molecular weight is 293 g/mol. The molecule has 0 saturated heterocycles. The fourth-order valence-electron chi connectivity index (χ4n) is 3.79. The van der Waals surface area contributed by atoms with Crippen LogP contribution in [0.25, 0.3) is 22.2 Å². The molecule has 2 aromatic carbocycles. The first kappa shape index (κ1) is 13.3. The lowest BCUT2D eigenvalue weighted by Gasteiger charge is -2.10. The molecule has 0 spiro atoms. The maximum atomic E-state index is 5.59. The summed E-state index contributed by atoms with van der Waals surface area (Å²) < 4.78 is 10.9. The van der Waals surface area contributed by atoms with E-state index in [9.17, 15) is 0 Å². The van der Waals surface area contributed by atoms with Gasteiger partial charge in [0.05, 0.1) is 19.9 Å². The van der Waals surface area contributed by atoms with Crippen LogP contribution in [0.15, 0.2) is 24.3 Å². The van der Waals surface area contributed by atoms with E-state index in [1.807, 2.05) is 6.07 Å². The van der Waals surface area contributed by atoms with Crippen LogP contribution in [0.2, 0.25) is 0 Å². The van der Waals surface area contributed by atoms with Gasteiger partial charge < -0.3 is 14.5 Å². The zero-order valence-electron chi connectivity index (χ0n) is 13.3. The maximum Gasteiger partial charge on any atom is 0.125 e. The summed E-state index contributed by atoms with van der Waals surface area (Å²) in [5.74, 6) is 1.90. The largest absolute Gasteiger partial charge is 0.497 e.